The lowest BCUT2D eigenvalue weighted by molar-refractivity contribution is 0.0341. The van der Waals surface area contributed by atoms with Gasteiger partial charge in [-0.3, -0.25) is 4.90 Å². The zero-order valence-corrected chi connectivity index (χ0v) is 19.7. The molecule has 0 saturated carbocycles. The number of benzene rings is 2. The second kappa shape index (κ2) is 13.9. The molecule has 2 N–H and O–H groups in total. The van der Waals surface area contributed by atoms with Crippen LogP contribution in [0.5, 0.6) is 0 Å². The van der Waals surface area contributed by atoms with E-state index in [2.05, 4.69) is 89.0 Å². The molecular formula is C26H39N5O. The highest BCUT2D eigenvalue weighted by Crippen LogP contribution is 2.14. The first-order chi connectivity index (χ1) is 15.7. The monoisotopic (exact) mass is 437 g/mol. The minimum absolute atomic E-state index is 0.684. The lowest BCUT2D eigenvalue weighted by Gasteiger charge is -2.27. The molecule has 1 heterocycles. The maximum Gasteiger partial charge on any atom is 0.191 e. The Morgan fingerprint density at radius 3 is 2.47 bits per heavy atom. The second-order valence-corrected chi connectivity index (χ2v) is 8.36. The Balaban J connectivity index is 1.46. The number of nitrogens with one attached hydrogen (secondary N) is 2. The van der Waals surface area contributed by atoms with E-state index in [0.29, 0.717) is 6.54 Å². The van der Waals surface area contributed by atoms with Gasteiger partial charge in [0.1, 0.15) is 0 Å². The predicted molar refractivity (Wildman–Crippen MR) is 133 cm³/mol. The van der Waals surface area contributed by atoms with Gasteiger partial charge in [-0.25, -0.2) is 4.99 Å². The molecule has 32 heavy (non-hydrogen) atoms. The summed E-state index contributed by atoms with van der Waals surface area (Å²) in [4.78, 5) is 9.68. The number of morpholine rings is 1. The normalized spacial score (nSPS) is 15.2. The van der Waals surface area contributed by atoms with Gasteiger partial charge >= 0.3 is 0 Å². The minimum Gasteiger partial charge on any atom is -0.379 e. The standard InChI is InChI=1S/C26H39N5O/c1-3-27-26(28-14-9-15-30(2)21-23-10-5-4-6-11-23)29-20-24-12-7-8-13-25(24)22-31-16-18-32-19-17-31/h4-8,10-13H,3,9,14-22H2,1-2H3,(H2,27,28,29). The summed E-state index contributed by atoms with van der Waals surface area (Å²) in [5.74, 6) is 0.888. The molecule has 0 aromatic heterocycles. The van der Waals surface area contributed by atoms with Crippen LogP contribution in [0.2, 0.25) is 0 Å². The molecule has 0 radical (unpaired) electrons. The van der Waals surface area contributed by atoms with E-state index in [-0.39, 0.29) is 0 Å². The van der Waals surface area contributed by atoms with E-state index in [4.69, 9.17) is 9.73 Å². The summed E-state index contributed by atoms with van der Waals surface area (Å²) < 4.78 is 5.48. The van der Waals surface area contributed by atoms with E-state index in [0.717, 1.165) is 71.4 Å². The zero-order chi connectivity index (χ0) is 22.4. The number of rotatable bonds is 11. The van der Waals surface area contributed by atoms with Crippen LogP contribution in [0.3, 0.4) is 0 Å². The molecule has 174 valence electrons. The number of guanidine groups is 1. The van der Waals surface area contributed by atoms with Gasteiger partial charge in [0.25, 0.3) is 0 Å². The van der Waals surface area contributed by atoms with Crippen LogP contribution < -0.4 is 10.6 Å². The quantitative estimate of drug-likeness (QED) is 0.321. The molecule has 1 saturated heterocycles. The van der Waals surface area contributed by atoms with Crippen molar-refractivity contribution in [1.82, 2.24) is 20.4 Å². The number of ether oxygens (including phenoxy) is 1. The third-order valence-electron chi connectivity index (χ3n) is 5.67. The van der Waals surface area contributed by atoms with E-state index >= 15 is 0 Å². The van der Waals surface area contributed by atoms with Crippen molar-refractivity contribution in [3.8, 4) is 0 Å². The van der Waals surface area contributed by atoms with Gasteiger partial charge in [-0.15, -0.1) is 0 Å². The first kappa shape index (κ1) is 24.2. The second-order valence-electron chi connectivity index (χ2n) is 8.36. The van der Waals surface area contributed by atoms with Crippen LogP contribution in [0.25, 0.3) is 0 Å². The van der Waals surface area contributed by atoms with Gasteiger partial charge in [0.2, 0.25) is 0 Å². The van der Waals surface area contributed by atoms with Crippen LogP contribution in [0, 0.1) is 0 Å². The van der Waals surface area contributed by atoms with Crippen LogP contribution in [0.1, 0.15) is 30.0 Å². The van der Waals surface area contributed by atoms with Gasteiger partial charge in [0, 0.05) is 39.3 Å². The molecule has 0 aliphatic carbocycles. The average molecular weight is 438 g/mol. The van der Waals surface area contributed by atoms with E-state index < -0.39 is 0 Å². The summed E-state index contributed by atoms with van der Waals surface area (Å²) in [6, 6.07) is 19.3. The van der Waals surface area contributed by atoms with Crippen molar-refractivity contribution in [2.45, 2.75) is 33.0 Å². The van der Waals surface area contributed by atoms with Crippen LogP contribution >= 0.6 is 0 Å². The van der Waals surface area contributed by atoms with E-state index in [1.54, 1.807) is 0 Å². The van der Waals surface area contributed by atoms with Gasteiger partial charge in [-0.05, 0) is 43.6 Å². The van der Waals surface area contributed by atoms with Crippen LogP contribution in [-0.4, -0.2) is 68.7 Å². The van der Waals surface area contributed by atoms with E-state index in [9.17, 15) is 0 Å². The Hall–Kier alpha value is -2.41. The molecule has 0 atom stereocenters. The summed E-state index contributed by atoms with van der Waals surface area (Å²) >= 11 is 0. The van der Waals surface area contributed by atoms with Crippen molar-refractivity contribution in [3.05, 3.63) is 71.3 Å². The van der Waals surface area contributed by atoms with Gasteiger partial charge < -0.3 is 20.3 Å². The third-order valence-corrected chi connectivity index (χ3v) is 5.67. The van der Waals surface area contributed by atoms with E-state index in [1.165, 1.54) is 16.7 Å². The fourth-order valence-electron chi connectivity index (χ4n) is 3.90. The first-order valence-electron chi connectivity index (χ1n) is 11.9. The predicted octanol–water partition coefficient (Wildman–Crippen LogP) is 3.10. The topological polar surface area (TPSA) is 52.1 Å². The van der Waals surface area contributed by atoms with Crippen molar-refractivity contribution in [3.63, 3.8) is 0 Å². The molecule has 2 aromatic rings. The fourth-order valence-corrected chi connectivity index (χ4v) is 3.90. The summed E-state index contributed by atoms with van der Waals surface area (Å²) in [6.45, 7) is 11.2. The summed E-state index contributed by atoms with van der Waals surface area (Å²) in [7, 11) is 2.18. The van der Waals surface area contributed by atoms with E-state index in [1.807, 2.05) is 0 Å². The number of nitrogens with zero attached hydrogens (tertiary/aromatic N) is 3. The Morgan fingerprint density at radius 2 is 1.72 bits per heavy atom. The molecule has 3 rings (SSSR count). The van der Waals surface area contributed by atoms with Crippen molar-refractivity contribution in [1.29, 1.82) is 0 Å². The molecule has 0 spiro atoms. The SMILES string of the molecule is CCNC(=NCc1ccccc1CN1CCOCC1)NCCCN(C)Cc1ccccc1. The van der Waals surface area contributed by atoms with Gasteiger partial charge in [0.15, 0.2) is 5.96 Å². The van der Waals surface area contributed by atoms with Gasteiger partial charge in [0.05, 0.1) is 19.8 Å². The minimum atomic E-state index is 0.684. The van der Waals surface area contributed by atoms with Gasteiger partial charge in [-0.2, -0.15) is 0 Å². The lowest BCUT2D eigenvalue weighted by atomic mass is 10.1. The maximum absolute atomic E-state index is 5.48. The zero-order valence-electron chi connectivity index (χ0n) is 19.7. The number of hydrogen-bond donors (Lipinski definition) is 2. The summed E-state index contributed by atoms with van der Waals surface area (Å²) in [6.07, 6.45) is 1.07. The summed E-state index contributed by atoms with van der Waals surface area (Å²) in [5, 5.41) is 6.88. The van der Waals surface area contributed by atoms with Crippen molar-refractivity contribution in [2.24, 2.45) is 4.99 Å². The van der Waals surface area contributed by atoms with Crippen molar-refractivity contribution in [2.75, 3.05) is 53.0 Å². The smallest absolute Gasteiger partial charge is 0.191 e. The molecule has 1 fully saturated rings. The molecule has 0 amide bonds. The molecule has 2 aromatic carbocycles. The molecule has 0 bridgehead atoms. The Labute approximate surface area is 193 Å². The highest BCUT2D eigenvalue weighted by atomic mass is 16.5. The molecule has 6 heteroatoms. The Morgan fingerprint density at radius 1 is 1.00 bits per heavy atom. The maximum atomic E-state index is 5.48. The molecule has 1 aliphatic heterocycles. The third kappa shape index (κ3) is 8.61. The molecular weight excluding hydrogens is 398 g/mol. The highest BCUT2D eigenvalue weighted by molar-refractivity contribution is 5.79. The van der Waals surface area contributed by atoms with Crippen LogP contribution in [-0.2, 0) is 24.4 Å². The Kier molecular flexibility index (Phi) is 10.5. The Bertz CT molecular complexity index is 805. The largest absolute Gasteiger partial charge is 0.379 e. The first-order valence-corrected chi connectivity index (χ1v) is 11.9. The van der Waals surface area contributed by atoms with Gasteiger partial charge in [-0.1, -0.05) is 54.6 Å². The molecule has 0 unspecified atom stereocenters. The number of aliphatic imine (C=N–C) groups is 1. The summed E-state index contributed by atoms with van der Waals surface area (Å²) in [5.41, 5.74) is 4.00. The molecule has 1 aliphatic rings. The average Bonchev–Trinajstić information content (AvgIpc) is 2.82. The van der Waals surface area contributed by atoms with Crippen LogP contribution in [0.15, 0.2) is 59.6 Å². The van der Waals surface area contributed by atoms with Crippen molar-refractivity contribution >= 4 is 5.96 Å². The number of hydrogen-bond acceptors (Lipinski definition) is 4. The van der Waals surface area contributed by atoms with Crippen LogP contribution in [0.4, 0.5) is 0 Å². The molecule has 6 nitrogen and oxygen atoms in total. The highest BCUT2D eigenvalue weighted by Gasteiger charge is 2.12. The van der Waals surface area contributed by atoms with Crippen molar-refractivity contribution < 1.29 is 4.74 Å². The fraction of sp³-hybridized carbons (Fsp3) is 0.500. The lowest BCUT2D eigenvalue weighted by Crippen LogP contribution is -2.38.